The molecule has 92 valence electrons. The second kappa shape index (κ2) is 6.81. The minimum atomic E-state index is 0.0231. The maximum absolute atomic E-state index is 11.6. The number of hydrogen-bond acceptors (Lipinski definition) is 3. The molecule has 1 amide bonds. The predicted octanol–water partition coefficient (Wildman–Crippen LogP) is 0.984. The minimum Gasteiger partial charge on any atom is -0.393 e. The topological polar surface area (TPSA) is 64.3 Å². The molecule has 1 rings (SSSR count). The van der Waals surface area contributed by atoms with Crippen molar-refractivity contribution < 1.29 is 9.53 Å². The molecule has 1 aliphatic heterocycles. The molecule has 5 heteroatoms. The molecule has 0 radical (unpaired) electrons. The standard InChI is InChI=1S/C11H20N2O2S/c1-8(11(12)16)7-13-10(14)6-9-4-2-3-5-15-9/h8-9H,2-7H2,1H3,(H2,12,16)(H,13,14). The number of rotatable bonds is 5. The summed E-state index contributed by atoms with van der Waals surface area (Å²) in [4.78, 5) is 12.0. The highest BCUT2D eigenvalue weighted by Crippen LogP contribution is 2.15. The Hall–Kier alpha value is -0.680. The molecule has 0 bridgehead atoms. The Kier molecular flexibility index (Phi) is 5.69. The minimum absolute atomic E-state index is 0.0231. The first-order valence-electron chi connectivity index (χ1n) is 5.77. The fraction of sp³-hybridized carbons (Fsp3) is 0.818. The average Bonchev–Trinajstić information content (AvgIpc) is 2.27. The van der Waals surface area contributed by atoms with Gasteiger partial charge in [0.25, 0.3) is 0 Å². The van der Waals surface area contributed by atoms with Crippen LogP contribution >= 0.6 is 12.2 Å². The molecule has 0 aromatic carbocycles. The molecule has 0 saturated carbocycles. The van der Waals surface area contributed by atoms with Crippen LogP contribution in [-0.2, 0) is 9.53 Å². The first-order chi connectivity index (χ1) is 7.59. The Morgan fingerprint density at radius 1 is 1.62 bits per heavy atom. The zero-order valence-electron chi connectivity index (χ0n) is 9.70. The second-order valence-electron chi connectivity index (χ2n) is 4.30. The Balaban J connectivity index is 2.17. The third kappa shape index (κ3) is 4.90. The summed E-state index contributed by atoms with van der Waals surface area (Å²) >= 11 is 4.83. The van der Waals surface area contributed by atoms with E-state index in [9.17, 15) is 4.79 Å². The van der Waals surface area contributed by atoms with Crippen molar-refractivity contribution in [1.29, 1.82) is 0 Å². The number of carbonyl (C=O) groups excluding carboxylic acids is 1. The highest BCUT2D eigenvalue weighted by molar-refractivity contribution is 7.80. The van der Waals surface area contributed by atoms with Crippen LogP contribution in [0.2, 0.25) is 0 Å². The van der Waals surface area contributed by atoms with E-state index in [1.165, 1.54) is 0 Å². The van der Waals surface area contributed by atoms with Gasteiger partial charge in [-0.25, -0.2) is 0 Å². The SMILES string of the molecule is CC(CNC(=O)CC1CCCCO1)C(N)=S. The summed E-state index contributed by atoms with van der Waals surface area (Å²) in [7, 11) is 0. The molecule has 16 heavy (non-hydrogen) atoms. The highest BCUT2D eigenvalue weighted by Gasteiger charge is 2.17. The molecule has 0 aliphatic carbocycles. The van der Waals surface area contributed by atoms with Crippen LogP contribution < -0.4 is 11.1 Å². The van der Waals surface area contributed by atoms with E-state index in [4.69, 9.17) is 22.7 Å². The fourth-order valence-electron chi connectivity index (χ4n) is 1.61. The molecule has 2 unspecified atom stereocenters. The lowest BCUT2D eigenvalue weighted by atomic mass is 10.1. The molecular weight excluding hydrogens is 224 g/mol. The van der Waals surface area contributed by atoms with Crippen LogP contribution in [0.3, 0.4) is 0 Å². The molecular formula is C11H20N2O2S. The van der Waals surface area contributed by atoms with Crippen LogP contribution in [0.4, 0.5) is 0 Å². The molecule has 0 spiro atoms. The zero-order chi connectivity index (χ0) is 12.0. The van der Waals surface area contributed by atoms with Gasteiger partial charge in [-0.3, -0.25) is 4.79 Å². The molecule has 3 N–H and O–H groups in total. The van der Waals surface area contributed by atoms with Gasteiger partial charge in [0.15, 0.2) is 0 Å². The Bertz CT molecular complexity index is 252. The van der Waals surface area contributed by atoms with Gasteiger partial charge in [-0.05, 0) is 19.3 Å². The number of nitrogens with two attached hydrogens (primary N) is 1. The van der Waals surface area contributed by atoms with E-state index < -0.39 is 0 Å². The van der Waals surface area contributed by atoms with Crippen molar-refractivity contribution in [2.45, 2.75) is 38.7 Å². The maximum Gasteiger partial charge on any atom is 0.222 e. The Morgan fingerprint density at radius 2 is 2.38 bits per heavy atom. The van der Waals surface area contributed by atoms with Gasteiger partial charge in [0.1, 0.15) is 0 Å². The van der Waals surface area contributed by atoms with E-state index in [-0.39, 0.29) is 17.9 Å². The number of hydrogen-bond donors (Lipinski definition) is 2. The van der Waals surface area contributed by atoms with E-state index in [2.05, 4.69) is 5.32 Å². The monoisotopic (exact) mass is 244 g/mol. The lowest BCUT2D eigenvalue weighted by molar-refractivity contribution is -0.124. The summed E-state index contributed by atoms with van der Waals surface area (Å²) in [6, 6.07) is 0. The number of thiocarbonyl (C=S) groups is 1. The summed E-state index contributed by atoms with van der Waals surface area (Å²) < 4.78 is 5.49. The van der Waals surface area contributed by atoms with Crippen molar-refractivity contribution in [3.05, 3.63) is 0 Å². The predicted molar refractivity (Wildman–Crippen MR) is 67.2 cm³/mol. The zero-order valence-corrected chi connectivity index (χ0v) is 10.5. The van der Waals surface area contributed by atoms with Gasteiger partial charge < -0.3 is 15.8 Å². The number of ether oxygens (including phenoxy) is 1. The van der Waals surface area contributed by atoms with Crippen molar-refractivity contribution >= 4 is 23.1 Å². The second-order valence-corrected chi connectivity index (χ2v) is 4.77. The summed E-state index contributed by atoms with van der Waals surface area (Å²) in [5.41, 5.74) is 5.46. The van der Waals surface area contributed by atoms with Gasteiger partial charge in [0.2, 0.25) is 5.91 Å². The van der Waals surface area contributed by atoms with Crippen LogP contribution in [0.15, 0.2) is 0 Å². The van der Waals surface area contributed by atoms with E-state index in [0.29, 0.717) is 18.0 Å². The van der Waals surface area contributed by atoms with Gasteiger partial charge in [0.05, 0.1) is 17.5 Å². The van der Waals surface area contributed by atoms with Gasteiger partial charge in [-0.15, -0.1) is 0 Å². The first kappa shape index (κ1) is 13.4. The Labute approximate surface area is 102 Å². The molecule has 0 aromatic heterocycles. The summed E-state index contributed by atoms with van der Waals surface area (Å²) in [6.07, 6.45) is 3.79. The average molecular weight is 244 g/mol. The maximum atomic E-state index is 11.6. The summed E-state index contributed by atoms with van der Waals surface area (Å²) in [5, 5.41) is 2.82. The molecule has 4 nitrogen and oxygen atoms in total. The normalized spacial score (nSPS) is 22.4. The van der Waals surface area contributed by atoms with Crippen LogP contribution in [0.25, 0.3) is 0 Å². The van der Waals surface area contributed by atoms with Crippen molar-refractivity contribution in [3.63, 3.8) is 0 Å². The van der Waals surface area contributed by atoms with Crippen LogP contribution in [0, 0.1) is 5.92 Å². The molecule has 1 fully saturated rings. The molecule has 1 aliphatic rings. The van der Waals surface area contributed by atoms with Gasteiger partial charge >= 0.3 is 0 Å². The van der Waals surface area contributed by atoms with Crippen molar-refractivity contribution in [1.82, 2.24) is 5.32 Å². The first-order valence-corrected chi connectivity index (χ1v) is 6.18. The van der Waals surface area contributed by atoms with E-state index >= 15 is 0 Å². The smallest absolute Gasteiger partial charge is 0.222 e. The van der Waals surface area contributed by atoms with E-state index in [1.807, 2.05) is 6.92 Å². The highest BCUT2D eigenvalue weighted by atomic mass is 32.1. The lowest BCUT2D eigenvalue weighted by Gasteiger charge is -2.22. The fourth-order valence-corrected chi connectivity index (χ4v) is 1.70. The van der Waals surface area contributed by atoms with Crippen LogP contribution in [0.1, 0.15) is 32.6 Å². The van der Waals surface area contributed by atoms with Crippen molar-refractivity contribution in [3.8, 4) is 0 Å². The van der Waals surface area contributed by atoms with Crippen molar-refractivity contribution in [2.75, 3.05) is 13.2 Å². The summed E-state index contributed by atoms with van der Waals surface area (Å²) in [5.74, 6) is 0.0706. The number of nitrogens with one attached hydrogen (secondary N) is 1. The molecule has 1 saturated heterocycles. The largest absolute Gasteiger partial charge is 0.393 e. The lowest BCUT2D eigenvalue weighted by Crippen LogP contribution is -2.36. The van der Waals surface area contributed by atoms with E-state index in [0.717, 1.165) is 25.9 Å². The number of amides is 1. The van der Waals surface area contributed by atoms with Gasteiger partial charge in [-0.2, -0.15) is 0 Å². The third-order valence-electron chi connectivity index (χ3n) is 2.78. The van der Waals surface area contributed by atoms with Gasteiger partial charge in [0, 0.05) is 19.1 Å². The number of carbonyl (C=O) groups is 1. The van der Waals surface area contributed by atoms with Gasteiger partial charge in [-0.1, -0.05) is 19.1 Å². The van der Waals surface area contributed by atoms with Crippen molar-refractivity contribution in [2.24, 2.45) is 11.7 Å². The van der Waals surface area contributed by atoms with Crippen LogP contribution in [0.5, 0.6) is 0 Å². The molecule has 2 atom stereocenters. The van der Waals surface area contributed by atoms with E-state index in [1.54, 1.807) is 0 Å². The summed E-state index contributed by atoms with van der Waals surface area (Å²) in [6.45, 7) is 3.20. The van der Waals surface area contributed by atoms with Crippen LogP contribution in [-0.4, -0.2) is 30.2 Å². The third-order valence-corrected chi connectivity index (χ3v) is 3.18. The molecule has 0 aromatic rings. The molecule has 1 heterocycles. The Morgan fingerprint density at radius 3 is 2.94 bits per heavy atom. The quantitative estimate of drug-likeness (QED) is 0.708.